The average molecular weight is 201 g/mol. The normalized spacial score (nSPS) is 12.9. The largest absolute Gasteiger partial charge is 0.387 e. The van der Waals surface area contributed by atoms with Gasteiger partial charge in [-0.3, -0.25) is 0 Å². The number of aliphatic hydroxyl groups is 1. The van der Waals surface area contributed by atoms with Crippen LogP contribution in [-0.2, 0) is 0 Å². The van der Waals surface area contributed by atoms with Crippen LogP contribution < -0.4 is 5.73 Å². The summed E-state index contributed by atoms with van der Waals surface area (Å²) in [6.07, 6.45) is 1.10. The third kappa shape index (κ3) is 2.43. The first kappa shape index (κ1) is 10.5. The fourth-order valence-corrected chi connectivity index (χ4v) is 1.73. The predicted octanol–water partition coefficient (Wildman–Crippen LogP) is 1.54. The second-order valence-electron chi connectivity index (χ2n) is 2.64. The molecule has 1 aromatic carbocycles. The molecule has 4 heteroatoms. The topological polar surface area (TPSA) is 46.2 Å². The van der Waals surface area contributed by atoms with Gasteiger partial charge in [0.05, 0.1) is 6.10 Å². The SMILES string of the molecule is CSc1ccc(F)cc1C(O)CN. The van der Waals surface area contributed by atoms with Gasteiger partial charge in [-0.25, -0.2) is 4.39 Å². The van der Waals surface area contributed by atoms with Gasteiger partial charge in [-0.1, -0.05) is 0 Å². The zero-order valence-corrected chi connectivity index (χ0v) is 8.14. The van der Waals surface area contributed by atoms with Gasteiger partial charge in [0.1, 0.15) is 5.82 Å². The van der Waals surface area contributed by atoms with Crippen LogP contribution >= 0.6 is 11.8 Å². The van der Waals surface area contributed by atoms with Crippen molar-refractivity contribution in [3.63, 3.8) is 0 Å². The summed E-state index contributed by atoms with van der Waals surface area (Å²) in [6.45, 7) is 0.108. The van der Waals surface area contributed by atoms with Gasteiger partial charge in [-0.15, -0.1) is 11.8 Å². The van der Waals surface area contributed by atoms with Crippen molar-refractivity contribution < 1.29 is 9.50 Å². The van der Waals surface area contributed by atoms with E-state index in [2.05, 4.69) is 0 Å². The quantitative estimate of drug-likeness (QED) is 0.729. The molecule has 0 radical (unpaired) electrons. The Hall–Kier alpha value is -0.580. The van der Waals surface area contributed by atoms with E-state index >= 15 is 0 Å². The van der Waals surface area contributed by atoms with E-state index in [9.17, 15) is 9.50 Å². The van der Waals surface area contributed by atoms with Gasteiger partial charge in [0.15, 0.2) is 0 Å². The highest BCUT2D eigenvalue weighted by Gasteiger charge is 2.10. The lowest BCUT2D eigenvalue weighted by atomic mass is 10.1. The molecule has 0 aliphatic heterocycles. The Balaban J connectivity index is 3.07. The van der Waals surface area contributed by atoms with Gasteiger partial charge in [-0.05, 0) is 30.0 Å². The van der Waals surface area contributed by atoms with Crippen LogP contribution in [-0.4, -0.2) is 17.9 Å². The maximum Gasteiger partial charge on any atom is 0.123 e. The number of hydrogen-bond acceptors (Lipinski definition) is 3. The molecule has 1 unspecified atom stereocenters. The lowest BCUT2D eigenvalue weighted by Crippen LogP contribution is -2.12. The van der Waals surface area contributed by atoms with Crippen LogP contribution in [0.4, 0.5) is 4.39 Å². The number of hydrogen-bond donors (Lipinski definition) is 2. The number of rotatable bonds is 3. The third-order valence-electron chi connectivity index (χ3n) is 1.77. The predicted molar refractivity (Wildman–Crippen MR) is 52.2 cm³/mol. The summed E-state index contributed by atoms with van der Waals surface area (Å²) in [5, 5.41) is 9.46. The van der Waals surface area contributed by atoms with Crippen LogP contribution in [0.1, 0.15) is 11.7 Å². The Morgan fingerprint density at radius 1 is 1.62 bits per heavy atom. The maximum atomic E-state index is 12.8. The van der Waals surface area contributed by atoms with Crippen LogP contribution in [0, 0.1) is 5.82 Å². The van der Waals surface area contributed by atoms with E-state index in [1.165, 1.54) is 23.9 Å². The molecule has 0 aromatic heterocycles. The Bertz CT molecular complexity index is 293. The number of benzene rings is 1. The van der Waals surface area contributed by atoms with Crippen molar-refractivity contribution in [2.45, 2.75) is 11.0 Å². The molecule has 0 amide bonds. The van der Waals surface area contributed by atoms with Gasteiger partial charge in [0, 0.05) is 11.4 Å². The minimum Gasteiger partial charge on any atom is -0.387 e. The van der Waals surface area contributed by atoms with Crippen molar-refractivity contribution in [1.82, 2.24) is 0 Å². The number of nitrogens with two attached hydrogens (primary N) is 1. The smallest absolute Gasteiger partial charge is 0.123 e. The fourth-order valence-electron chi connectivity index (χ4n) is 1.09. The first-order valence-corrected chi connectivity index (χ1v) is 5.13. The molecule has 0 spiro atoms. The van der Waals surface area contributed by atoms with Crippen molar-refractivity contribution in [2.75, 3.05) is 12.8 Å². The second-order valence-corrected chi connectivity index (χ2v) is 3.49. The van der Waals surface area contributed by atoms with Crippen molar-refractivity contribution in [3.05, 3.63) is 29.6 Å². The minimum absolute atomic E-state index is 0.108. The molecule has 0 aliphatic carbocycles. The first-order chi connectivity index (χ1) is 6.19. The monoisotopic (exact) mass is 201 g/mol. The van der Waals surface area contributed by atoms with E-state index in [1.807, 2.05) is 6.26 Å². The summed E-state index contributed by atoms with van der Waals surface area (Å²) < 4.78 is 12.8. The zero-order chi connectivity index (χ0) is 9.84. The fraction of sp³-hybridized carbons (Fsp3) is 0.333. The molecule has 0 fully saturated rings. The van der Waals surface area contributed by atoms with E-state index in [0.717, 1.165) is 4.90 Å². The third-order valence-corrected chi connectivity index (χ3v) is 2.59. The molecule has 0 heterocycles. The van der Waals surface area contributed by atoms with Crippen molar-refractivity contribution in [3.8, 4) is 0 Å². The lowest BCUT2D eigenvalue weighted by molar-refractivity contribution is 0.183. The number of thioether (sulfide) groups is 1. The molecule has 1 rings (SSSR count). The van der Waals surface area contributed by atoms with E-state index in [-0.39, 0.29) is 12.4 Å². The summed E-state index contributed by atoms with van der Waals surface area (Å²) in [4.78, 5) is 0.861. The summed E-state index contributed by atoms with van der Waals surface area (Å²) >= 11 is 1.47. The molecule has 2 nitrogen and oxygen atoms in total. The minimum atomic E-state index is -0.779. The van der Waals surface area contributed by atoms with Crippen LogP contribution in [0.5, 0.6) is 0 Å². The Kier molecular flexibility index (Phi) is 3.71. The second kappa shape index (κ2) is 4.60. The van der Waals surface area contributed by atoms with Crippen LogP contribution in [0.3, 0.4) is 0 Å². The van der Waals surface area contributed by atoms with E-state index < -0.39 is 6.10 Å². The first-order valence-electron chi connectivity index (χ1n) is 3.90. The van der Waals surface area contributed by atoms with Crippen LogP contribution in [0.15, 0.2) is 23.1 Å². The van der Waals surface area contributed by atoms with E-state index in [4.69, 9.17) is 5.73 Å². The highest BCUT2D eigenvalue weighted by molar-refractivity contribution is 7.98. The molecular formula is C9H12FNOS. The summed E-state index contributed by atoms with van der Waals surface area (Å²) in [5.41, 5.74) is 5.86. The highest BCUT2D eigenvalue weighted by atomic mass is 32.2. The molecular weight excluding hydrogens is 189 g/mol. The molecule has 1 aromatic rings. The summed E-state index contributed by atoms with van der Waals surface area (Å²) in [7, 11) is 0. The number of halogens is 1. The molecule has 1 atom stereocenters. The van der Waals surface area contributed by atoms with Crippen molar-refractivity contribution >= 4 is 11.8 Å². The van der Waals surface area contributed by atoms with Gasteiger partial charge in [-0.2, -0.15) is 0 Å². The van der Waals surface area contributed by atoms with Gasteiger partial charge in [0.25, 0.3) is 0 Å². The lowest BCUT2D eigenvalue weighted by Gasteiger charge is -2.12. The summed E-state index contributed by atoms with van der Waals surface area (Å²) in [6, 6.07) is 4.34. The Labute approximate surface area is 80.9 Å². The van der Waals surface area contributed by atoms with E-state index in [1.54, 1.807) is 6.07 Å². The molecule has 0 saturated heterocycles. The molecule has 72 valence electrons. The van der Waals surface area contributed by atoms with Gasteiger partial charge in [0.2, 0.25) is 0 Å². The molecule has 0 bridgehead atoms. The van der Waals surface area contributed by atoms with Crippen LogP contribution in [0.25, 0.3) is 0 Å². The zero-order valence-electron chi connectivity index (χ0n) is 7.33. The van der Waals surface area contributed by atoms with Crippen LogP contribution in [0.2, 0.25) is 0 Å². The standard InChI is InChI=1S/C9H12FNOS/c1-13-9-3-2-6(10)4-7(9)8(12)5-11/h2-4,8,12H,5,11H2,1H3. The maximum absolute atomic E-state index is 12.8. The van der Waals surface area contributed by atoms with E-state index in [0.29, 0.717) is 5.56 Å². The molecule has 3 N–H and O–H groups in total. The molecule has 0 saturated carbocycles. The van der Waals surface area contributed by atoms with Gasteiger partial charge >= 0.3 is 0 Å². The van der Waals surface area contributed by atoms with Crippen molar-refractivity contribution in [1.29, 1.82) is 0 Å². The van der Waals surface area contributed by atoms with Gasteiger partial charge < -0.3 is 10.8 Å². The van der Waals surface area contributed by atoms with Crippen molar-refractivity contribution in [2.24, 2.45) is 5.73 Å². The Morgan fingerprint density at radius 2 is 2.31 bits per heavy atom. The number of aliphatic hydroxyl groups excluding tert-OH is 1. The average Bonchev–Trinajstić information content (AvgIpc) is 2.16. The molecule has 13 heavy (non-hydrogen) atoms. The molecule has 0 aliphatic rings. The Morgan fingerprint density at radius 3 is 2.85 bits per heavy atom. The summed E-state index contributed by atoms with van der Waals surface area (Å²) in [5.74, 6) is -0.347. The highest BCUT2D eigenvalue weighted by Crippen LogP contribution is 2.26.